The Hall–Kier alpha value is -1.99. The van der Waals surface area contributed by atoms with E-state index in [4.69, 9.17) is 14.2 Å². The van der Waals surface area contributed by atoms with Crippen LogP contribution in [0, 0.1) is 11.8 Å². The van der Waals surface area contributed by atoms with Gasteiger partial charge in [0.25, 0.3) is 0 Å². The van der Waals surface area contributed by atoms with Gasteiger partial charge in [-0.15, -0.1) is 0 Å². The molecule has 2 saturated heterocycles. The van der Waals surface area contributed by atoms with E-state index in [1.807, 2.05) is 0 Å². The van der Waals surface area contributed by atoms with Crippen LogP contribution in [0.2, 0.25) is 0 Å². The van der Waals surface area contributed by atoms with Crippen molar-refractivity contribution in [2.24, 2.45) is 11.8 Å². The minimum atomic E-state index is -1.22. The van der Waals surface area contributed by atoms with Crippen molar-refractivity contribution >= 4 is 17.7 Å². The van der Waals surface area contributed by atoms with E-state index in [1.54, 1.807) is 27.7 Å². The van der Waals surface area contributed by atoms with Gasteiger partial charge in [-0.25, -0.2) is 9.59 Å². The molecule has 0 spiro atoms. The van der Waals surface area contributed by atoms with Gasteiger partial charge in [0.15, 0.2) is 11.4 Å². The van der Waals surface area contributed by atoms with Gasteiger partial charge in [-0.1, -0.05) is 19.1 Å². The lowest BCUT2D eigenvalue weighted by Crippen LogP contribution is -2.47. The highest BCUT2D eigenvalue weighted by Gasteiger charge is 2.58. The van der Waals surface area contributed by atoms with E-state index in [1.165, 1.54) is 6.08 Å². The lowest BCUT2D eigenvalue weighted by atomic mass is 9.80. The summed E-state index contributed by atoms with van der Waals surface area (Å²) in [6.45, 7) is 10.7. The molecule has 3 rings (SSSR count). The maximum Gasteiger partial charge on any atom is 0.341 e. The van der Waals surface area contributed by atoms with Crippen LogP contribution in [-0.2, 0) is 28.6 Å². The van der Waals surface area contributed by atoms with Crippen molar-refractivity contribution in [1.82, 2.24) is 0 Å². The lowest BCUT2D eigenvalue weighted by Gasteiger charge is -2.34. The van der Waals surface area contributed by atoms with Crippen molar-refractivity contribution in [3.05, 3.63) is 23.8 Å². The molecule has 0 bridgehead atoms. The Morgan fingerprint density at radius 3 is 2.56 bits per heavy atom. The van der Waals surface area contributed by atoms with Crippen molar-refractivity contribution in [2.75, 3.05) is 0 Å². The molecule has 2 heterocycles. The first-order valence-corrected chi connectivity index (χ1v) is 9.21. The van der Waals surface area contributed by atoms with Crippen LogP contribution in [0.5, 0.6) is 0 Å². The van der Waals surface area contributed by atoms with E-state index < -0.39 is 47.7 Å². The molecule has 2 fully saturated rings. The second-order valence-electron chi connectivity index (χ2n) is 8.06. The molecule has 0 aromatic carbocycles. The van der Waals surface area contributed by atoms with Crippen molar-refractivity contribution < 1.29 is 33.7 Å². The molecule has 1 N–H and O–H groups in total. The Morgan fingerprint density at radius 2 is 1.96 bits per heavy atom. The summed E-state index contributed by atoms with van der Waals surface area (Å²) < 4.78 is 16.3. The Kier molecular flexibility index (Phi) is 5.03. The minimum Gasteiger partial charge on any atom is -0.458 e. The molecule has 148 valence electrons. The SMILES string of the molecule is C=C1C(=O)O[C@@H]2C/C(C)=C\C(=O)C[C@H](C)[C@@H](OC(=O)[C@@]3(C)O[C@@H]3C)[C@H](O)[C@@H]12. The third kappa shape index (κ3) is 3.58. The van der Waals surface area contributed by atoms with Crippen LogP contribution in [-0.4, -0.2) is 52.8 Å². The van der Waals surface area contributed by atoms with Gasteiger partial charge in [-0.2, -0.15) is 0 Å². The third-order valence-corrected chi connectivity index (χ3v) is 5.83. The van der Waals surface area contributed by atoms with E-state index in [0.29, 0.717) is 6.42 Å². The van der Waals surface area contributed by atoms with Crippen LogP contribution >= 0.6 is 0 Å². The maximum absolute atomic E-state index is 12.5. The fraction of sp³-hybridized carbons (Fsp3) is 0.650. The molecule has 1 aliphatic carbocycles. The number of carbonyl (C=O) groups excluding carboxylic acids is 3. The molecule has 7 heteroatoms. The van der Waals surface area contributed by atoms with Crippen molar-refractivity contribution in [3.8, 4) is 0 Å². The largest absolute Gasteiger partial charge is 0.458 e. The predicted octanol–water partition coefficient (Wildman–Crippen LogP) is 1.48. The molecule has 7 atom stereocenters. The summed E-state index contributed by atoms with van der Waals surface area (Å²) in [6, 6.07) is 0. The number of ketones is 1. The number of aliphatic hydroxyl groups excluding tert-OH is 1. The summed E-state index contributed by atoms with van der Waals surface area (Å²) >= 11 is 0. The molecule has 0 unspecified atom stereocenters. The van der Waals surface area contributed by atoms with E-state index >= 15 is 0 Å². The van der Waals surface area contributed by atoms with Gasteiger partial charge in [0.1, 0.15) is 18.3 Å². The molecular formula is C20H26O7. The summed E-state index contributed by atoms with van der Waals surface area (Å²) in [4.78, 5) is 36.9. The van der Waals surface area contributed by atoms with E-state index in [0.717, 1.165) is 5.57 Å². The lowest BCUT2D eigenvalue weighted by molar-refractivity contribution is -0.169. The van der Waals surface area contributed by atoms with Gasteiger partial charge >= 0.3 is 11.9 Å². The molecule has 3 aliphatic rings. The number of rotatable bonds is 2. The number of epoxide rings is 1. The molecule has 7 nitrogen and oxygen atoms in total. The Bertz CT molecular complexity index is 724. The van der Waals surface area contributed by atoms with E-state index in [-0.39, 0.29) is 23.9 Å². The molecule has 27 heavy (non-hydrogen) atoms. The highest BCUT2D eigenvalue weighted by Crippen LogP contribution is 2.40. The Balaban J connectivity index is 1.92. The zero-order valence-corrected chi connectivity index (χ0v) is 16.1. The first-order valence-electron chi connectivity index (χ1n) is 9.21. The molecule has 0 saturated carbocycles. The number of aliphatic hydroxyl groups is 1. The second-order valence-corrected chi connectivity index (χ2v) is 8.06. The molecule has 0 aromatic heterocycles. The number of ether oxygens (including phenoxy) is 3. The summed E-state index contributed by atoms with van der Waals surface area (Å²) in [5.41, 5.74) is -0.129. The Labute approximate surface area is 158 Å². The summed E-state index contributed by atoms with van der Waals surface area (Å²) in [6.07, 6.45) is -1.19. The standard InChI is InChI=1S/C20H26O7/c1-9-6-13(21)8-10(2)17(26-19(24)20(5)12(4)27-20)16(22)15-11(3)18(23)25-14(15)7-9/h6,10,12,14-17,22H,3,7-8H2,1-2,4-5H3/b9-6-/t10-,12+,14+,15-,16+,17+,20-/m0/s1. The number of esters is 2. The zero-order chi connectivity index (χ0) is 20.1. The monoisotopic (exact) mass is 378 g/mol. The van der Waals surface area contributed by atoms with Gasteiger partial charge in [0, 0.05) is 24.3 Å². The van der Waals surface area contributed by atoms with Crippen LogP contribution in [0.15, 0.2) is 23.8 Å². The molecular weight excluding hydrogens is 352 g/mol. The number of hydrogen-bond acceptors (Lipinski definition) is 7. The first-order chi connectivity index (χ1) is 12.5. The number of carbonyl (C=O) groups is 3. The summed E-state index contributed by atoms with van der Waals surface area (Å²) in [7, 11) is 0. The normalized spacial score (nSPS) is 44.0. The molecule has 2 aliphatic heterocycles. The van der Waals surface area contributed by atoms with Gasteiger partial charge in [-0.3, -0.25) is 4.79 Å². The van der Waals surface area contributed by atoms with Crippen LogP contribution in [0.25, 0.3) is 0 Å². The predicted molar refractivity (Wildman–Crippen MR) is 94.5 cm³/mol. The highest BCUT2D eigenvalue weighted by molar-refractivity contribution is 5.92. The smallest absolute Gasteiger partial charge is 0.341 e. The second kappa shape index (κ2) is 6.87. The van der Waals surface area contributed by atoms with Crippen molar-refractivity contribution in [1.29, 1.82) is 0 Å². The maximum atomic E-state index is 12.5. The van der Waals surface area contributed by atoms with Gasteiger partial charge in [0.2, 0.25) is 0 Å². The molecule has 0 amide bonds. The summed E-state index contributed by atoms with van der Waals surface area (Å²) in [5, 5.41) is 11.1. The first kappa shape index (κ1) is 19.8. The van der Waals surface area contributed by atoms with Crippen LogP contribution in [0.1, 0.15) is 40.5 Å². The third-order valence-electron chi connectivity index (χ3n) is 5.83. The topological polar surface area (TPSA) is 102 Å². The average Bonchev–Trinajstić information content (AvgIpc) is 3.08. The molecule has 0 aromatic rings. The average molecular weight is 378 g/mol. The van der Waals surface area contributed by atoms with E-state index in [9.17, 15) is 19.5 Å². The summed E-state index contributed by atoms with van der Waals surface area (Å²) in [5.74, 6) is -2.46. The Morgan fingerprint density at radius 1 is 1.33 bits per heavy atom. The van der Waals surface area contributed by atoms with Gasteiger partial charge < -0.3 is 19.3 Å². The van der Waals surface area contributed by atoms with Crippen LogP contribution in [0.4, 0.5) is 0 Å². The number of fused-ring (bicyclic) bond motifs is 1. The fourth-order valence-electron chi connectivity index (χ4n) is 3.90. The van der Waals surface area contributed by atoms with Gasteiger partial charge in [0.05, 0.1) is 12.0 Å². The zero-order valence-electron chi connectivity index (χ0n) is 16.1. The van der Waals surface area contributed by atoms with Crippen molar-refractivity contribution in [2.45, 2.75) is 70.6 Å². The minimum absolute atomic E-state index is 0.109. The number of hydrogen-bond donors (Lipinski definition) is 1. The fourth-order valence-corrected chi connectivity index (χ4v) is 3.90. The van der Waals surface area contributed by atoms with Crippen molar-refractivity contribution in [3.63, 3.8) is 0 Å². The quantitative estimate of drug-likeness (QED) is 0.441. The van der Waals surface area contributed by atoms with Crippen LogP contribution < -0.4 is 0 Å². The number of allylic oxidation sites excluding steroid dienone is 1. The molecule has 0 radical (unpaired) electrons. The highest BCUT2D eigenvalue weighted by atomic mass is 16.7. The van der Waals surface area contributed by atoms with Gasteiger partial charge in [-0.05, 0) is 26.8 Å². The van der Waals surface area contributed by atoms with Crippen LogP contribution in [0.3, 0.4) is 0 Å². The van der Waals surface area contributed by atoms with E-state index in [2.05, 4.69) is 6.58 Å².